The first-order valence-electron chi connectivity index (χ1n) is 5.44. The van der Waals surface area contributed by atoms with Crippen molar-refractivity contribution in [1.82, 2.24) is 5.32 Å². The van der Waals surface area contributed by atoms with E-state index in [0.717, 1.165) is 25.7 Å². The average molecular weight is 225 g/mol. The van der Waals surface area contributed by atoms with E-state index < -0.39 is 12.6 Å². The van der Waals surface area contributed by atoms with Gasteiger partial charge in [-0.1, -0.05) is 12.8 Å². The van der Waals surface area contributed by atoms with Gasteiger partial charge in [0, 0.05) is 13.1 Å². The van der Waals surface area contributed by atoms with Crippen LogP contribution in [0, 0.1) is 5.92 Å². The zero-order valence-corrected chi connectivity index (χ0v) is 8.69. The van der Waals surface area contributed by atoms with Gasteiger partial charge in [-0.05, 0) is 18.8 Å². The molecule has 5 heteroatoms. The number of aliphatic hydroxyl groups excluding tert-OH is 1. The highest BCUT2D eigenvalue weighted by molar-refractivity contribution is 4.76. The standard InChI is InChI=1S/C10H18F3NO/c11-10(12,13)5-6-14-7-8-3-1-2-4-9(8)15/h8-9,14-15H,1-7H2. The number of hydrogen-bond donors (Lipinski definition) is 2. The fourth-order valence-corrected chi connectivity index (χ4v) is 1.94. The number of halogens is 3. The molecule has 1 fully saturated rings. The van der Waals surface area contributed by atoms with Crippen LogP contribution in [0.4, 0.5) is 13.2 Å². The SMILES string of the molecule is OC1CCCCC1CNCCC(F)(F)F. The van der Waals surface area contributed by atoms with E-state index in [1.807, 2.05) is 0 Å². The van der Waals surface area contributed by atoms with E-state index in [1.165, 1.54) is 0 Å². The molecule has 90 valence electrons. The topological polar surface area (TPSA) is 32.3 Å². The first kappa shape index (κ1) is 12.8. The summed E-state index contributed by atoms with van der Waals surface area (Å²) in [5.74, 6) is 0.131. The molecule has 0 aromatic heterocycles. The van der Waals surface area contributed by atoms with Gasteiger partial charge >= 0.3 is 6.18 Å². The molecular formula is C10H18F3NO. The fourth-order valence-electron chi connectivity index (χ4n) is 1.94. The lowest BCUT2D eigenvalue weighted by molar-refractivity contribution is -0.133. The minimum absolute atomic E-state index is 0.0489. The smallest absolute Gasteiger partial charge is 0.390 e. The van der Waals surface area contributed by atoms with Crippen molar-refractivity contribution in [3.05, 3.63) is 0 Å². The zero-order valence-electron chi connectivity index (χ0n) is 8.69. The Labute approximate surface area is 87.9 Å². The molecule has 0 saturated heterocycles. The predicted molar refractivity (Wildman–Crippen MR) is 51.5 cm³/mol. The van der Waals surface area contributed by atoms with Gasteiger partial charge in [-0.25, -0.2) is 0 Å². The van der Waals surface area contributed by atoms with Gasteiger partial charge in [-0.3, -0.25) is 0 Å². The second-order valence-electron chi connectivity index (χ2n) is 4.18. The van der Waals surface area contributed by atoms with E-state index in [-0.39, 0.29) is 18.6 Å². The highest BCUT2D eigenvalue weighted by Gasteiger charge is 2.27. The second-order valence-corrected chi connectivity index (χ2v) is 4.18. The Balaban J connectivity index is 2.08. The van der Waals surface area contributed by atoms with Gasteiger partial charge in [0.05, 0.1) is 12.5 Å². The highest BCUT2D eigenvalue weighted by Crippen LogP contribution is 2.24. The van der Waals surface area contributed by atoms with E-state index >= 15 is 0 Å². The van der Waals surface area contributed by atoms with Crippen LogP contribution in [0.1, 0.15) is 32.1 Å². The molecule has 0 heterocycles. The molecule has 0 spiro atoms. The first-order chi connectivity index (χ1) is 6.99. The van der Waals surface area contributed by atoms with E-state index in [9.17, 15) is 18.3 Å². The Morgan fingerprint density at radius 2 is 1.87 bits per heavy atom. The summed E-state index contributed by atoms with van der Waals surface area (Å²) in [5, 5.41) is 12.3. The number of rotatable bonds is 4. The fraction of sp³-hybridized carbons (Fsp3) is 1.00. The third-order valence-electron chi connectivity index (χ3n) is 2.86. The highest BCUT2D eigenvalue weighted by atomic mass is 19.4. The minimum Gasteiger partial charge on any atom is -0.393 e. The normalized spacial score (nSPS) is 28.0. The van der Waals surface area contributed by atoms with Crippen LogP contribution in [0.15, 0.2) is 0 Å². The molecular weight excluding hydrogens is 207 g/mol. The molecule has 0 aromatic rings. The van der Waals surface area contributed by atoms with Crippen LogP contribution < -0.4 is 5.32 Å². The van der Waals surface area contributed by atoms with Gasteiger partial charge in [-0.2, -0.15) is 13.2 Å². The third-order valence-corrected chi connectivity index (χ3v) is 2.86. The Morgan fingerprint density at radius 1 is 1.20 bits per heavy atom. The minimum atomic E-state index is -4.09. The Kier molecular flexibility index (Phi) is 4.86. The molecule has 2 nitrogen and oxygen atoms in total. The molecule has 0 amide bonds. The number of aliphatic hydroxyl groups is 1. The van der Waals surface area contributed by atoms with E-state index in [1.54, 1.807) is 0 Å². The van der Waals surface area contributed by atoms with Crippen molar-refractivity contribution >= 4 is 0 Å². The Bertz CT molecular complexity index is 184. The molecule has 0 aromatic carbocycles. The van der Waals surface area contributed by atoms with Crippen molar-refractivity contribution in [3.8, 4) is 0 Å². The van der Waals surface area contributed by atoms with Gasteiger partial charge in [0.25, 0.3) is 0 Å². The van der Waals surface area contributed by atoms with Crippen LogP contribution >= 0.6 is 0 Å². The van der Waals surface area contributed by atoms with Crippen molar-refractivity contribution in [3.63, 3.8) is 0 Å². The second kappa shape index (κ2) is 5.70. The van der Waals surface area contributed by atoms with Crippen LogP contribution in [0.25, 0.3) is 0 Å². The van der Waals surface area contributed by atoms with Crippen LogP contribution in [0.5, 0.6) is 0 Å². The molecule has 15 heavy (non-hydrogen) atoms. The summed E-state index contributed by atoms with van der Waals surface area (Å²) >= 11 is 0. The van der Waals surface area contributed by atoms with Gasteiger partial charge in [0.2, 0.25) is 0 Å². The van der Waals surface area contributed by atoms with Gasteiger partial charge in [-0.15, -0.1) is 0 Å². The Hall–Kier alpha value is -0.290. The number of alkyl halides is 3. The van der Waals surface area contributed by atoms with Gasteiger partial charge in [0.1, 0.15) is 0 Å². The number of hydrogen-bond acceptors (Lipinski definition) is 2. The average Bonchev–Trinajstić information content (AvgIpc) is 2.13. The van der Waals surface area contributed by atoms with E-state index in [0.29, 0.717) is 6.54 Å². The lowest BCUT2D eigenvalue weighted by atomic mass is 9.86. The van der Waals surface area contributed by atoms with Crippen molar-refractivity contribution in [2.45, 2.75) is 44.4 Å². The lowest BCUT2D eigenvalue weighted by Crippen LogP contribution is -2.35. The molecule has 2 unspecified atom stereocenters. The van der Waals surface area contributed by atoms with Crippen LogP contribution in [-0.4, -0.2) is 30.5 Å². The Morgan fingerprint density at radius 3 is 2.47 bits per heavy atom. The van der Waals surface area contributed by atoms with Crippen LogP contribution in [0.3, 0.4) is 0 Å². The molecule has 2 N–H and O–H groups in total. The van der Waals surface area contributed by atoms with Crippen molar-refractivity contribution in [2.75, 3.05) is 13.1 Å². The van der Waals surface area contributed by atoms with Crippen molar-refractivity contribution < 1.29 is 18.3 Å². The molecule has 1 aliphatic carbocycles. The molecule has 1 rings (SSSR count). The maximum absolute atomic E-state index is 11.8. The quantitative estimate of drug-likeness (QED) is 0.718. The summed E-state index contributed by atoms with van der Waals surface area (Å²) in [4.78, 5) is 0. The lowest BCUT2D eigenvalue weighted by Gasteiger charge is -2.27. The monoisotopic (exact) mass is 225 g/mol. The van der Waals surface area contributed by atoms with Gasteiger partial charge in [0.15, 0.2) is 0 Å². The summed E-state index contributed by atoms with van der Waals surface area (Å²) in [6, 6.07) is 0. The van der Waals surface area contributed by atoms with Crippen LogP contribution in [0.2, 0.25) is 0 Å². The van der Waals surface area contributed by atoms with Gasteiger partial charge < -0.3 is 10.4 Å². The first-order valence-corrected chi connectivity index (χ1v) is 5.44. The summed E-state index contributed by atoms with van der Waals surface area (Å²) in [5.41, 5.74) is 0. The molecule has 1 saturated carbocycles. The molecule has 2 atom stereocenters. The van der Waals surface area contributed by atoms with Crippen LogP contribution in [-0.2, 0) is 0 Å². The summed E-state index contributed by atoms with van der Waals surface area (Å²) in [6.07, 6.45) is -1.42. The maximum atomic E-state index is 11.8. The largest absolute Gasteiger partial charge is 0.393 e. The molecule has 0 radical (unpaired) electrons. The predicted octanol–water partition coefficient (Wildman–Crippen LogP) is 2.08. The van der Waals surface area contributed by atoms with Crippen molar-refractivity contribution in [1.29, 1.82) is 0 Å². The van der Waals surface area contributed by atoms with E-state index in [4.69, 9.17) is 0 Å². The molecule has 1 aliphatic rings. The third kappa shape index (κ3) is 5.37. The zero-order chi connectivity index (χ0) is 11.3. The summed E-state index contributed by atoms with van der Waals surface area (Å²) in [7, 11) is 0. The molecule has 0 bridgehead atoms. The van der Waals surface area contributed by atoms with E-state index in [2.05, 4.69) is 5.32 Å². The maximum Gasteiger partial charge on any atom is 0.390 e. The number of nitrogens with one attached hydrogen (secondary N) is 1. The summed E-state index contributed by atoms with van der Waals surface area (Å²) < 4.78 is 35.4. The molecule has 0 aliphatic heterocycles. The summed E-state index contributed by atoms with van der Waals surface area (Å²) in [6.45, 7) is 0.448. The van der Waals surface area contributed by atoms with Crippen molar-refractivity contribution in [2.24, 2.45) is 5.92 Å².